The van der Waals surface area contributed by atoms with Gasteiger partial charge in [-0.2, -0.15) is 0 Å². The van der Waals surface area contributed by atoms with Crippen LogP contribution in [0, 0.1) is 0 Å². The lowest BCUT2D eigenvalue weighted by Crippen LogP contribution is -2.16. The van der Waals surface area contributed by atoms with Crippen LogP contribution in [0.1, 0.15) is 17.5 Å². The number of rotatable bonds is 9. The van der Waals surface area contributed by atoms with Crippen LogP contribution in [-0.4, -0.2) is 20.3 Å². The zero-order valence-corrected chi connectivity index (χ0v) is 16.9. The molecular weight excluding hydrogens is 404 g/mol. The number of benzene rings is 2. The van der Waals surface area contributed by atoms with Crippen LogP contribution in [0.25, 0.3) is 0 Å². The zero-order chi connectivity index (χ0) is 17.4. The van der Waals surface area contributed by atoms with Gasteiger partial charge in [-0.15, -0.1) is 12.4 Å². The van der Waals surface area contributed by atoms with Crippen LogP contribution in [0.2, 0.25) is 15.1 Å². The number of ether oxygens (including phenoxy) is 2. The van der Waals surface area contributed by atoms with Crippen LogP contribution in [0.15, 0.2) is 36.4 Å². The van der Waals surface area contributed by atoms with E-state index in [1.54, 1.807) is 19.2 Å². The van der Waals surface area contributed by atoms with Crippen LogP contribution in [0.3, 0.4) is 0 Å². The predicted octanol–water partition coefficient (Wildman–Crippen LogP) is 5.77. The molecule has 0 spiro atoms. The van der Waals surface area contributed by atoms with Crippen molar-refractivity contribution in [1.82, 2.24) is 5.32 Å². The van der Waals surface area contributed by atoms with Crippen molar-refractivity contribution < 1.29 is 9.47 Å². The molecule has 0 aliphatic carbocycles. The Balaban J connectivity index is 0.00000312. The Morgan fingerprint density at radius 3 is 2.40 bits per heavy atom. The SMILES string of the molecule is COCCCNCc1cc(Cl)ccc1OCc1ccc(Cl)cc1Cl.Cl. The van der Waals surface area contributed by atoms with Gasteiger partial charge >= 0.3 is 0 Å². The molecule has 1 N–H and O–H groups in total. The van der Waals surface area contributed by atoms with Gasteiger partial charge in [0.15, 0.2) is 0 Å². The van der Waals surface area contributed by atoms with Gasteiger partial charge in [-0.25, -0.2) is 0 Å². The van der Waals surface area contributed by atoms with E-state index in [0.717, 1.165) is 36.4 Å². The van der Waals surface area contributed by atoms with Crippen molar-refractivity contribution in [3.05, 3.63) is 62.6 Å². The highest BCUT2D eigenvalue weighted by molar-refractivity contribution is 6.35. The van der Waals surface area contributed by atoms with Crippen molar-refractivity contribution in [3.8, 4) is 5.75 Å². The molecule has 0 unspecified atom stereocenters. The summed E-state index contributed by atoms with van der Waals surface area (Å²) in [5.74, 6) is 0.782. The third kappa shape index (κ3) is 7.61. The molecule has 25 heavy (non-hydrogen) atoms. The molecule has 0 bridgehead atoms. The summed E-state index contributed by atoms with van der Waals surface area (Å²) < 4.78 is 11.0. The van der Waals surface area contributed by atoms with E-state index in [2.05, 4.69) is 5.32 Å². The molecule has 0 saturated heterocycles. The van der Waals surface area contributed by atoms with E-state index in [0.29, 0.717) is 28.2 Å². The molecule has 2 rings (SSSR count). The second kappa shape index (κ2) is 11.8. The first kappa shape index (κ1) is 22.4. The van der Waals surface area contributed by atoms with Crippen molar-refractivity contribution >= 4 is 47.2 Å². The molecule has 138 valence electrons. The Labute approximate surface area is 170 Å². The summed E-state index contributed by atoms with van der Waals surface area (Å²) in [7, 11) is 1.70. The van der Waals surface area contributed by atoms with Gasteiger partial charge in [-0.1, -0.05) is 40.9 Å². The first-order chi connectivity index (χ1) is 11.6. The highest BCUT2D eigenvalue weighted by atomic mass is 35.5. The van der Waals surface area contributed by atoms with E-state index in [-0.39, 0.29) is 12.4 Å². The van der Waals surface area contributed by atoms with Gasteiger partial charge < -0.3 is 14.8 Å². The molecular formula is C18H21Cl4NO2. The lowest BCUT2D eigenvalue weighted by Gasteiger charge is -2.13. The molecule has 0 fully saturated rings. The van der Waals surface area contributed by atoms with Gasteiger partial charge in [0.2, 0.25) is 0 Å². The summed E-state index contributed by atoms with van der Waals surface area (Å²) >= 11 is 18.2. The summed E-state index contributed by atoms with van der Waals surface area (Å²) in [4.78, 5) is 0. The third-order valence-corrected chi connectivity index (χ3v) is 4.26. The first-order valence-electron chi connectivity index (χ1n) is 7.65. The van der Waals surface area contributed by atoms with Crippen molar-refractivity contribution in [2.75, 3.05) is 20.3 Å². The van der Waals surface area contributed by atoms with Crippen LogP contribution in [0.4, 0.5) is 0 Å². The molecule has 0 saturated carbocycles. The van der Waals surface area contributed by atoms with Crippen molar-refractivity contribution in [2.24, 2.45) is 0 Å². The summed E-state index contributed by atoms with van der Waals surface area (Å²) in [5.41, 5.74) is 1.89. The molecule has 0 atom stereocenters. The summed E-state index contributed by atoms with van der Waals surface area (Å²) in [6.45, 7) is 2.64. The number of halogens is 4. The fraction of sp³-hybridized carbons (Fsp3) is 0.333. The van der Waals surface area contributed by atoms with Gasteiger partial charge in [0.05, 0.1) is 0 Å². The average Bonchev–Trinajstić information content (AvgIpc) is 2.55. The van der Waals surface area contributed by atoms with E-state index < -0.39 is 0 Å². The highest BCUT2D eigenvalue weighted by Crippen LogP contribution is 2.26. The number of methoxy groups -OCH3 is 1. The minimum Gasteiger partial charge on any atom is -0.489 e. The summed E-state index contributed by atoms with van der Waals surface area (Å²) in [6.07, 6.45) is 0.952. The number of hydrogen-bond donors (Lipinski definition) is 1. The zero-order valence-electron chi connectivity index (χ0n) is 13.9. The van der Waals surface area contributed by atoms with Gasteiger partial charge in [0, 0.05) is 46.5 Å². The molecule has 2 aromatic rings. The van der Waals surface area contributed by atoms with Crippen LogP contribution >= 0.6 is 47.2 Å². The van der Waals surface area contributed by atoms with Crippen molar-refractivity contribution in [2.45, 2.75) is 19.6 Å². The number of hydrogen-bond acceptors (Lipinski definition) is 3. The topological polar surface area (TPSA) is 30.5 Å². The van der Waals surface area contributed by atoms with Crippen LogP contribution in [-0.2, 0) is 17.9 Å². The summed E-state index contributed by atoms with van der Waals surface area (Å²) in [6, 6.07) is 11.0. The largest absolute Gasteiger partial charge is 0.489 e. The minimum absolute atomic E-state index is 0. The monoisotopic (exact) mass is 423 g/mol. The maximum Gasteiger partial charge on any atom is 0.124 e. The van der Waals surface area contributed by atoms with E-state index >= 15 is 0 Å². The molecule has 0 radical (unpaired) electrons. The quantitative estimate of drug-likeness (QED) is 0.518. The molecule has 0 amide bonds. The Hall–Kier alpha value is -0.680. The maximum atomic E-state index is 6.18. The smallest absolute Gasteiger partial charge is 0.124 e. The number of nitrogens with one attached hydrogen (secondary N) is 1. The Morgan fingerprint density at radius 1 is 0.960 bits per heavy atom. The lowest BCUT2D eigenvalue weighted by molar-refractivity contribution is 0.194. The fourth-order valence-electron chi connectivity index (χ4n) is 2.19. The second-order valence-corrected chi connectivity index (χ2v) is 6.58. The maximum absolute atomic E-state index is 6.18. The fourth-order valence-corrected chi connectivity index (χ4v) is 2.84. The van der Waals surface area contributed by atoms with Gasteiger partial charge in [-0.3, -0.25) is 0 Å². The van der Waals surface area contributed by atoms with Gasteiger partial charge in [0.25, 0.3) is 0 Å². The van der Waals surface area contributed by atoms with Crippen LogP contribution in [0.5, 0.6) is 5.75 Å². The molecule has 0 heterocycles. The van der Waals surface area contributed by atoms with Crippen molar-refractivity contribution in [1.29, 1.82) is 0 Å². The first-order valence-corrected chi connectivity index (χ1v) is 8.78. The Kier molecular flexibility index (Phi) is 10.6. The minimum atomic E-state index is 0. The van der Waals surface area contributed by atoms with E-state index in [1.165, 1.54) is 0 Å². The van der Waals surface area contributed by atoms with Crippen molar-refractivity contribution in [3.63, 3.8) is 0 Å². The second-order valence-electron chi connectivity index (χ2n) is 5.30. The average molecular weight is 425 g/mol. The van der Waals surface area contributed by atoms with E-state index in [1.807, 2.05) is 24.3 Å². The predicted molar refractivity (Wildman–Crippen MR) is 108 cm³/mol. The van der Waals surface area contributed by atoms with Gasteiger partial charge in [0.1, 0.15) is 12.4 Å². The molecule has 0 aromatic heterocycles. The van der Waals surface area contributed by atoms with E-state index in [4.69, 9.17) is 44.3 Å². The molecule has 0 aliphatic rings. The highest BCUT2D eigenvalue weighted by Gasteiger charge is 2.07. The molecule has 0 aliphatic heterocycles. The standard InChI is InChI=1S/C18H20Cl3NO2.ClH/c1-23-8-2-7-22-11-14-9-15(19)5-6-18(14)24-12-13-3-4-16(20)10-17(13)21;/h3-6,9-10,22H,2,7-8,11-12H2,1H3;1H. The lowest BCUT2D eigenvalue weighted by atomic mass is 10.2. The Bertz CT molecular complexity index is 668. The third-order valence-electron chi connectivity index (χ3n) is 3.44. The van der Waals surface area contributed by atoms with Crippen LogP contribution < -0.4 is 10.1 Å². The molecule has 7 heteroatoms. The molecule has 2 aromatic carbocycles. The summed E-state index contributed by atoms with van der Waals surface area (Å²) in [5, 5.41) is 5.24. The molecule has 3 nitrogen and oxygen atoms in total. The Morgan fingerprint density at radius 2 is 1.68 bits per heavy atom. The van der Waals surface area contributed by atoms with Gasteiger partial charge in [-0.05, 0) is 43.3 Å². The normalized spacial score (nSPS) is 10.4. The van der Waals surface area contributed by atoms with E-state index in [9.17, 15) is 0 Å².